The van der Waals surface area contributed by atoms with Crippen molar-refractivity contribution in [2.75, 3.05) is 11.4 Å². The molecule has 2 bridgehead atoms. The second kappa shape index (κ2) is 8.78. The zero-order chi connectivity index (χ0) is 18.8. The fourth-order valence-corrected chi connectivity index (χ4v) is 7.07. The van der Waals surface area contributed by atoms with Crippen LogP contribution in [0.2, 0.25) is 0 Å². The highest BCUT2D eigenvalue weighted by Gasteiger charge is 2.43. The summed E-state index contributed by atoms with van der Waals surface area (Å²) in [5, 5.41) is 0. The number of benzene rings is 1. The Kier molecular flexibility index (Phi) is 5.95. The van der Waals surface area contributed by atoms with Gasteiger partial charge in [-0.3, -0.25) is 4.90 Å². The third kappa shape index (κ3) is 3.86. The maximum absolute atomic E-state index is 3.09. The van der Waals surface area contributed by atoms with E-state index in [-0.39, 0.29) is 0 Å². The van der Waals surface area contributed by atoms with Crippen LogP contribution in [0.1, 0.15) is 95.5 Å². The summed E-state index contributed by atoms with van der Waals surface area (Å²) in [7, 11) is 0. The Morgan fingerprint density at radius 3 is 1.93 bits per heavy atom. The first kappa shape index (κ1) is 19.0. The standard InChI is InChI=1S/C26H40N2/c1-2-4-6-12-22(13-7-5-3-1)28-23-14-10-15-24(28)20-25(19-23)27-18-17-21-11-8-9-16-26(21)27/h8-9,11,16,22-25H,1-7,10,12-15,17-20H2/t23-,24+,25?. The third-order valence-electron chi connectivity index (χ3n) is 8.37. The van der Waals surface area contributed by atoms with Gasteiger partial charge in [0.25, 0.3) is 0 Å². The molecule has 5 rings (SSSR count). The lowest BCUT2D eigenvalue weighted by Crippen LogP contribution is -2.60. The number of fused-ring (bicyclic) bond motifs is 3. The van der Waals surface area contributed by atoms with Gasteiger partial charge in [-0.15, -0.1) is 0 Å². The third-order valence-corrected chi connectivity index (χ3v) is 8.37. The van der Waals surface area contributed by atoms with Crippen molar-refractivity contribution in [3.05, 3.63) is 29.8 Å². The molecule has 0 spiro atoms. The van der Waals surface area contributed by atoms with Gasteiger partial charge < -0.3 is 4.90 Å². The highest BCUT2D eigenvalue weighted by Crippen LogP contribution is 2.42. The van der Waals surface area contributed by atoms with Crippen LogP contribution < -0.4 is 4.90 Å². The molecule has 1 saturated carbocycles. The topological polar surface area (TPSA) is 6.48 Å². The molecule has 0 aromatic heterocycles. The van der Waals surface area contributed by atoms with Gasteiger partial charge in [-0.2, -0.15) is 0 Å². The van der Waals surface area contributed by atoms with Crippen molar-refractivity contribution in [2.45, 2.75) is 120 Å². The molecule has 2 saturated heterocycles. The summed E-state index contributed by atoms with van der Waals surface area (Å²) in [6.07, 6.45) is 21.8. The van der Waals surface area contributed by atoms with E-state index in [1.165, 1.54) is 103 Å². The Balaban J connectivity index is 1.30. The lowest BCUT2D eigenvalue weighted by Gasteiger charge is -2.54. The highest BCUT2D eigenvalue weighted by molar-refractivity contribution is 5.58. The minimum Gasteiger partial charge on any atom is -0.368 e. The molecule has 0 N–H and O–H groups in total. The molecule has 4 aliphatic rings. The number of hydrogen-bond acceptors (Lipinski definition) is 2. The Morgan fingerprint density at radius 2 is 1.21 bits per heavy atom. The number of piperidine rings is 2. The van der Waals surface area contributed by atoms with Crippen molar-refractivity contribution in [3.63, 3.8) is 0 Å². The second-order valence-electron chi connectivity index (χ2n) is 10.1. The minimum atomic E-state index is 0.787. The molecular formula is C26H40N2. The minimum absolute atomic E-state index is 0.787. The number of nitrogens with zero attached hydrogens (tertiary/aromatic N) is 2. The normalized spacial score (nSPS) is 32.9. The summed E-state index contributed by atoms with van der Waals surface area (Å²) >= 11 is 0. The Morgan fingerprint density at radius 1 is 0.607 bits per heavy atom. The zero-order valence-corrected chi connectivity index (χ0v) is 17.8. The summed E-state index contributed by atoms with van der Waals surface area (Å²) in [6.45, 7) is 1.26. The SMILES string of the molecule is c1ccc2c(c1)CCN2C1C[C@H]2CCC[C@@H](C1)N2C1CCCCCCCCC1. The van der Waals surface area contributed by atoms with Gasteiger partial charge in [0.2, 0.25) is 0 Å². The molecule has 154 valence electrons. The lowest BCUT2D eigenvalue weighted by molar-refractivity contribution is -0.0137. The van der Waals surface area contributed by atoms with Gasteiger partial charge in [0.1, 0.15) is 0 Å². The van der Waals surface area contributed by atoms with Gasteiger partial charge in [0.05, 0.1) is 0 Å². The predicted octanol–water partition coefficient (Wildman–Crippen LogP) is 6.33. The summed E-state index contributed by atoms with van der Waals surface area (Å²) in [5.41, 5.74) is 3.14. The van der Waals surface area contributed by atoms with Gasteiger partial charge >= 0.3 is 0 Å². The molecule has 0 amide bonds. The molecular weight excluding hydrogens is 340 g/mol. The number of anilines is 1. The molecule has 1 aromatic carbocycles. The maximum atomic E-state index is 3.09. The molecule has 3 fully saturated rings. The fourth-order valence-electron chi connectivity index (χ4n) is 7.07. The quantitative estimate of drug-likeness (QED) is 0.591. The van der Waals surface area contributed by atoms with E-state index in [2.05, 4.69) is 34.1 Å². The first-order valence-corrected chi connectivity index (χ1v) is 12.5. The van der Waals surface area contributed by atoms with E-state index in [0.717, 1.165) is 24.2 Å². The fraction of sp³-hybridized carbons (Fsp3) is 0.769. The average Bonchev–Trinajstić information content (AvgIpc) is 3.15. The zero-order valence-electron chi connectivity index (χ0n) is 17.8. The monoisotopic (exact) mass is 380 g/mol. The average molecular weight is 381 g/mol. The van der Waals surface area contributed by atoms with Crippen molar-refractivity contribution >= 4 is 5.69 Å². The molecule has 28 heavy (non-hydrogen) atoms. The maximum Gasteiger partial charge on any atom is 0.0402 e. The van der Waals surface area contributed by atoms with E-state index in [1.54, 1.807) is 11.3 Å². The van der Waals surface area contributed by atoms with Crippen molar-refractivity contribution < 1.29 is 0 Å². The molecule has 1 aliphatic carbocycles. The van der Waals surface area contributed by atoms with Crippen LogP contribution >= 0.6 is 0 Å². The molecule has 1 aromatic rings. The van der Waals surface area contributed by atoms with Crippen LogP contribution in [0, 0.1) is 0 Å². The largest absolute Gasteiger partial charge is 0.368 e. The van der Waals surface area contributed by atoms with Crippen LogP contribution in [0.5, 0.6) is 0 Å². The van der Waals surface area contributed by atoms with Crippen LogP contribution in [-0.2, 0) is 6.42 Å². The predicted molar refractivity (Wildman–Crippen MR) is 119 cm³/mol. The van der Waals surface area contributed by atoms with E-state index in [1.807, 2.05) is 0 Å². The number of para-hydroxylation sites is 1. The van der Waals surface area contributed by atoms with Gasteiger partial charge in [-0.25, -0.2) is 0 Å². The highest BCUT2D eigenvalue weighted by atomic mass is 15.3. The summed E-state index contributed by atoms with van der Waals surface area (Å²) < 4.78 is 0. The van der Waals surface area contributed by atoms with Crippen LogP contribution in [0.15, 0.2) is 24.3 Å². The van der Waals surface area contributed by atoms with Crippen molar-refractivity contribution in [1.29, 1.82) is 0 Å². The van der Waals surface area contributed by atoms with E-state index in [9.17, 15) is 0 Å². The molecule has 3 atom stereocenters. The molecule has 0 radical (unpaired) electrons. The van der Waals surface area contributed by atoms with E-state index in [4.69, 9.17) is 0 Å². The van der Waals surface area contributed by atoms with Crippen LogP contribution in [0.3, 0.4) is 0 Å². The Bertz CT molecular complexity index is 617. The molecule has 3 heterocycles. The Labute approximate surface area is 172 Å². The van der Waals surface area contributed by atoms with Crippen LogP contribution in [0.25, 0.3) is 0 Å². The molecule has 1 unspecified atom stereocenters. The molecule has 3 aliphatic heterocycles. The van der Waals surface area contributed by atoms with Gasteiger partial charge in [0.15, 0.2) is 0 Å². The van der Waals surface area contributed by atoms with Crippen molar-refractivity contribution in [3.8, 4) is 0 Å². The lowest BCUT2D eigenvalue weighted by atomic mass is 9.78. The summed E-state index contributed by atoms with van der Waals surface area (Å²) in [4.78, 5) is 5.88. The second-order valence-corrected chi connectivity index (χ2v) is 10.1. The summed E-state index contributed by atoms with van der Waals surface area (Å²) in [5.74, 6) is 0. The van der Waals surface area contributed by atoms with Gasteiger partial charge in [0, 0.05) is 36.4 Å². The van der Waals surface area contributed by atoms with Crippen molar-refractivity contribution in [1.82, 2.24) is 4.90 Å². The number of hydrogen-bond donors (Lipinski definition) is 0. The number of rotatable bonds is 2. The first-order chi connectivity index (χ1) is 13.9. The van der Waals surface area contributed by atoms with Crippen molar-refractivity contribution in [2.24, 2.45) is 0 Å². The van der Waals surface area contributed by atoms with E-state index >= 15 is 0 Å². The molecule has 2 nitrogen and oxygen atoms in total. The van der Waals surface area contributed by atoms with E-state index in [0.29, 0.717) is 0 Å². The summed E-state index contributed by atoms with van der Waals surface area (Å²) in [6, 6.07) is 12.6. The molecule has 2 heteroatoms. The van der Waals surface area contributed by atoms with E-state index < -0.39 is 0 Å². The van der Waals surface area contributed by atoms with Crippen LogP contribution in [-0.4, -0.2) is 35.6 Å². The van der Waals surface area contributed by atoms with Gasteiger partial charge in [-0.1, -0.05) is 69.6 Å². The van der Waals surface area contributed by atoms with Gasteiger partial charge in [-0.05, 0) is 56.6 Å². The Hall–Kier alpha value is -1.02. The first-order valence-electron chi connectivity index (χ1n) is 12.5. The smallest absolute Gasteiger partial charge is 0.0402 e. The van der Waals surface area contributed by atoms with Crippen LogP contribution in [0.4, 0.5) is 5.69 Å².